The van der Waals surface area contributed by atoms with Gasteiger partial charge in [0, 0.05) is 12.0 Å². The minimum Gasteiger partial charge on any atom is -0.481 e. The third kappa shape index (κ3) is 4.14. The summed E-state index contributed by atoms with van der Waals surface area (Å²) in [4.78, 5) is 31.4. The highest BCUT2D eigenvalue weighted by Crippen LogP contribution is 2.34. The van der Waals surface area contributed by atoms with Gasteiger partial charge in [0.25, 0.3) is 5.91 Å². The van der Waals surface area contributed by atoms with Gasteiger partial charge in [-0.2, -0.15) is 0 Å². The van der Waals surface area contributed by atoms with E-state index in [2.05, 4.69) is 15.3 Å². The maximum absolute atomic E-state index is 12.3. The topological polar surface area (TPSA) is 92.2 Å². The normalized spacial score (nSPS) is 15.8. The lowest BCUT2D eigenvalue weighted by atomic mass is 10.1. The molecule has 21 heavy (non-hydrogen) atoms. The van der Waals surface area contributed by atoms with E-state index < -0.39 is 11.9 Å². The first-order valence-electron chi connectivity index (χ1n) is 6.93. The molecule has 1 atom stereocenters. The molecule has 114 valence electrons. The molecule has 1 aromatic heterocycles. The fourth-order valence-corrected chi connectivity index (χ4v) is 2.25. The van der Waals surface area contributed by atoms with Crippen LogP contribution >= 0.6 is 11.6 Å². The number of carbonyl (C=O) groups excluding carboxylic acids is 1. The first-order chi connectivity index (χ1) is 9.88. The van der Waals surface area contributed by atoms with Gasteiger partial charge in [-0.15, -0.1) is 0 Å². The zero-order valence-corrected chi connectivity index (χ0v) is 12.7. The number of carbonyl (C=O) groups is 2. The van der Waals surface area contributed by atoms with E-state index >= 15 is 0 Å². The molecule has 1 aliphatic rings. The summed E-state index contributed by atoms with van der Waals surface area (Å²) in [6.07, 6.45) is 3.19. The summed E-state index contributed by atoms with van der Waals surface area (Å²) in [6.45, 7) is 3.84. The molecule has 1 saturated carbocycles. The number of hydrogen-bond donors (Lipinski definition) is 2. The lowest BCUT2D eigenvalue weighted by Crippen LogP contribution is -2.38. The SMILES string of the molecule is CC(C)c1ncc(Cl)c(C(=O)NC(CC(=O)O)C2CC2)n1. The number of hydrogen-bond acceptors (Lipinski definition) is 4. The Bertz CT molecular complexity index is 558. The number of aliphatic carboxylic acids is 1. The molecule has 1 fully saturated rings. The van der Waals surface area contributed by atoms with Crippen molar-refractivity contribution < 1.29 is 14.7 Å². The Morgan fingerprint density at radius 1 is 1.48 bits per heavy atom. The van der Waals surface area contributed by atoms with E-state index in [0.29, 0.717) is 5.82 Å². The molecule has 1 aromatic rings. The minimum absolute atomic E-state index is 0.0760. The fourth-order valence-electron chi connectivity index (χ4n) is 2.08. The molecule has 0 saturated heterocycles. The molecule has 2 N–H and O–H groups in total. The Balaban J connectivity index is 2.14. The Morgan fingerprint density at radius 2 is 2.14 bits per heavy atom. The molecular weight excluding hydrogens is 294 g/mol. The summed E-state index contributed by atoms with van der Waals surface area (Å²) in [5.74, 6) is -0.528. The van der Waals surface area contributed by atoms with Crippen LogP contribution in [0.4, 0.5) is 0 Å². The van der Waals surface area contributed by atoms with Crippen molar-refractivity contribution in [2.75, 3.05) is 0 Å². The van der Waals surface area contributed by atoms with Crippen LogP contribution in [-0.2, 0) is 4.79 Å². The van der Waals surface area contributed by atoms with E-state index in [-0.39, 0.29) is 35.0 Å². The molecule has 2 rings (SSSR count). The van der Waals surface area contributed by atoms with E-state index in [4.69, 9.17) is 16.7 Å². The van der Waals surface area contributed by atoms with Crippen molar-refractivity contribution in [3.63, 3.8) is 0 Å². The molecular formula is C14H18ClN3O3. The monoisotopic (exact) mass is 311 g/mol. The first-order valence-corrected chi connectivity index (χ1v) is 7.31. The molecule has 0 spiro atoms. The fraction of sp³-hybridized carbons (Fsp3) is 0.571. The zero-order valence-electron chi connectivity index (χ0n) is 12.0. The second kappa shape index (κ2) is 6.39. The summed E-state index contributed by atoms with van der Waals surface area (Å²) < 4.78 is 0. The number of halogens is 1. The smallest absolute Gasteiger partial charge is 0.305 e. The third-order valence-electron chi connectivity index (χ3n) is 3.40. The number of aromatic nitrogens is 2. The van der Waals surface area contributed by atoms with Crippen molar-refractivity contribution in [3.8, 4) is 0 Å². The second-order valence-corrected chi connectivity index (χ2v) is 6.00. The quantitative estimate of drug-likeness (QED) is 0.840. The predicted molar refractivity (Wildman–Crippen MR) is 77.4 cm³/mol. The van der Waals surface area contributed by atoms with E-state index in [9.17, 15) is 9.59 Å². The number of carboxylic acids is 1. The van der Waals surface area contributed by atoms with Gasteiger partial charge in [0.1, 0.15) is 11.5 Å². The van der Waals surface area contributed by atoms with Gasteiger partial charge in [-0.1, -0.05) is 25.4 Å². The molecule has 1 heterocycles. The molecule has 7 heteroatoms. The van der Waals surface area contributed by atoms with Gasteiger partial charge < -0.3 is 10.4 Å². The third-order valence-corrected chi connectivity index (χ3v) is 3.67. The Labute approximate surface area is 127 Å². The first kappa shape index (κ1) is 15.7. The van der Waals surface area contributed by atoms with E-state index in [0.717, 1.165) is 12.8 Å². The van der Waals surface area contributed by atoms with Crippen LogP contribution in [0, 0.1) is 5.92 Å². The second-order valence-electron chi connectivity index (χ2n) is 5.59. The highest BCUT2D eigenvalue weighted by atomic mass is 35.5. The number of nitrogens with one attached hydrogen (secondary N) is 1. The average Bonchev–Trinajstić information content (AvgIpc) is 3.21. The molecule has 0 aliphatic heterocycles. The van der Waals surface area contributed by atoms with Crippen LogP contribution in [0.5, 0.6) is 0 Å². The van der Waals surface area contributed by atoms with Gasteiger partial charge in [-0.05, 0) is 18.8 Å². The summed E-state index contributed by atoms with van der Waals surface area (Å²) >= 11 is 5.98. The van der Waals surface area contributed by atoms with Crippen LogP contribution in [0.15, 0.2) is 6.20 Å². The zero-order chi connectivity index (χ0) is 15.6. The number of rotatable bonds is 6. The van der Waals surface area contributed by atoms with Crippen LogP contribution in [0.25, 0.3) is 0 Å². The number of carboxylic acid groups (broad SMARTS) is 1. The van der Waals surface area contributed by atoms with Crippen LogP contribution in [-0.4, -0.2) is 33.0 Å². The number of nitrogens with zero attached hydrogens (tertiary/aromatic N) is 2. The number of amides is 1. The van der Waals surface area contributed by atoms with Gasteiger partial charge in [-0.25, -0.2) is 9.97 Å². The summed E-state index contributed by atoms with van der Waals surface area (Å²) in [6, 6.07) is -0.372. The van der Waals surface area contributed by atoms with Crippen LogP contribution in [0.3, 0.4) is 0 Å². The molecule has 1 unspecified atom stereocenters. The van der Waals surface area contributed by atoms with E-state index in [1.807, 2.05) is 13.8 Å². The highest BCUT2D eigenvalue weighted by molar-refractivity contribution is 6.33. The van der Waals surface area contributed by atoms with Gasteiger partial charge >= 0.3 is 5.97 Å². The van der Waals surface area contributed by atoms with Gasteiger partial charge in [0.05, 0.1) is 17.6 Å². The molecule has 0 bridgehead atoms. The van der Waals surface area contributed by atoms with Gasteiger partial charge in [0.2, 0.25) is 0 Å². The van der Waals surface area contributed by atoms with E-state index in [1.54, 1.807) is 0 Å². The summed E-state index contributed by atoms with van der Waals surface area (Å²) in [5.41, 5.74) is 0.103. The molecule has 6 nitrogen and oxygen atoms in total. The lowest BCUT2D eigenvalue weighted by Gasteiger charge is -2.16. The Kier molecular flexibility index (Phi) is 4.77. The van der Waals surface area contributed by atoms with Crippen molar-refractivity contribution in [3.05, 3.63) is 22.7 Å². The predicted octanol–water partition coefficient (Wildman–Crippen LogP) is 2.24. The molecule has 1 aliphatic carbocycles. The Morgan fingerprint density at radius 3 is 2.67 bits per heavy atom. The summed E-state index contributed by atoms with van der Waals surface area (Å²) in [7, 11) is 0. The van der Waals surface area contributed by atoms with Crippen LogP contribution in [0.2, 0.25) is 5.02 Å². The van der Waals surface area contributed by atoms with Crippen molar-refractivity contribution in [1.29, 1.82) is 0 Å². The maximum Gasteiger partial charge on any atom is 0.305 e. The Hall–Kier alpha value is -1.69. The molecule has 1 amide bonds. The summed E-state index contributed by atoms with van der Waals surface area (Å²) in [5, 5.41) is 11.8. The van der Waals surface area contributed by atoms with Crippen LogP contribution in [0.1, 0.15) is 55.3 Å². The van der Waals surface area contributed by atoms with Crippen molar-refractivity contribution in [2.24, 2.45) is 5.92 Å². The molecule has 0 aromatic carbocycles. The van der Waals surface area contributed by atoms with Crippen molar-refractivity contribution in [2.45, 2.75) is 45.1 Å². The van der Waals surface area contributed by atoms with Gasteiger partial charge in [-0.3, -0.25) is 9.59 Å². The maximum atomic E-state index is 12.3. The van der Waals surface area contributed by atoms with Crippen molar-refractivity contribution in [1.82, 2.24) is 15.3 Å². The van der Waals surface area contributed by atoms with E-state index in [1.165, 1.54) is 6.20 Å². The van der Waals surface area contributed by atoms with Crippen LogP contribution < -0.4 is 5.32 Å². The minimum atomic E-state index is -0.927. The molecule has 0 radical (unpaired) electrons. The lowest BCUT2D eigenvalue weighted by molar-refractivity contribution is -0.137. The van der Waals surface area contributed by atoms with Crippen molar-refractivity contribution >= 4 is 23.5 Å². The van der Waals surface area contributed by atoms with Gasteiger partial charge in [0.15, 0.2) is 0 Å². The largest absolute Gasteiger partial charge is 0.481 e. The standard InChI is InChI=1S/C14H18ClN3O3/c1-7(2)13-16-6-9(15)12(18-13)14(21)17-10(5-11(19)20)8-3-4-8/h6-8,10H,3-5H2,1-2H3,(H,17,21)(H,19,20). The average molecular weight is 312 g/mol. The highest BCUT2D eigenvalue weighted by Gasteiger charge is 2.34.